The number of hydrogen-bond acceptors (Lipinski definition) is 3. The van der Waals surface area contributed by atoms with Gasteiger partial charge >= 0.3 is 0 Å². The molecule has 0 aliphatic carbocycles. The number of benzene rings is 2. The van der Waals surface area contributed by atoms with Gasteiger partial charge in [-0.2, -0.15) is 0 Å². The second-order valence-corrected chi connectivity index (χ2v) is 8.11. The smallest absolute Gasteiger partial charge is 0.261 e. The maximum atomic E-state index is 12.7. The molecule has 0 atom stereocenters. The number of carbonyl (C=O) groups is 1. The molecule has 0 aliphatic rings. The molecule has 0 fully saturated rings. The van der Waals surface area contributed by atoms with E-state index in [0.29, 0.717) is 18.8 Å². The molecule has 0 unspecified atom stereocenters. The maximum absolute atomic E-state index is 12.7. The van der Waals surface area contributed by atoms with Crippen molar-refractivity contribution in [2.75, 3.05) is 17.8 Å². The number of nitrogens with one attached hydrogen (secondary N) is 1. The molecule has 2 aromatic rings. The van der Waals surface area contributed by atoms with Crippen LogP contribution >= 0.6 is 11.6 Å². The summed E-state index contributed by atoms with van der Waals surface area (Å²) in [6.07, 6.45) is 0. The fraction of sp³-hybridized carbons (Fsp3) is 0.316. The van der Waals surface area contributed by atoms with Crippen molar-refractivity contribution in [2.45, 2.75) is 32.6 Å². The SMILES string of the molecule is CCN(CC)C(=O)c1cc(S(=O)(=O)Nc2ccc(C)c(C)c2)ccc1Cl. The third-order valence-corrected chi connectivity index (χ3v) is 6.00. The lowest BCUT2D eigenvalue weighted by atomic mass is 10.1. The van der Waals surface area contributed by atoms with Gasteiger partial charge in [-0.05, 0) is 69.2 Å². The first-order valence-electron chi connectivity index (χ1n) is 8.38. The van der Waals surface area contributed by atoms with Crippen molar-refractivity contribution in [2.24, 2.45) is 0 Å². The molecule has 5 nitrogen and oxygen atoms in total. The summed E-state index contributed by atoms with van der Waals surface area (Å²) in [5.41, 5.74) is 2.71. The second kappa shape index (κ2) is 8.10. The highest BCUT2D eigenvalue weighted by Crippen LogP contribution is 2.24. The first kappa shape index (κ1) is 20.3. The first-order chi connectivity index (χ1) is 12.2. The van der Waals surface area contributed by atoms with E-state index in [-0.39, 0.29) is 21.4 Å². The third-order valence-electron chi connectivity index (χ3n) is 4.29. The van der Waals surface area contributed by atoms with Gasteiger partial charge in [-0.3, -0.25) is 9.52 Å². The van der Waals surface area contributed by atoms with Gasteiger partial charge in [-0.15, -0.1) is 0 Å². The van der Waals surface area contributed by atoms with Gasteiger partial charge in [0.15, 0.2) is 0 Å². The number of rotatable bonds is 6. The number of amides is 1. The molecule has 0 aliphatic heterocycles. The number of aryl methyl sites for hydroxylation is 2. The molecular weight excluding hydrogens is 372 g/mol. The summed E-state index contributed by atoms with van der Waals surface area (Å²) in [5.74, 6) is -0.289. The summed E-state index contributed by atoms with van der Waals surface area (Å²) < 4.78 is 28.0. The predicted octanol–water partition coefficient (Wildman–Crippen LogP) is 4.24. The molecule has 0 heterocycles. The zero-order valence-corrected chi connectivity index (χ0v) is 16.9. The zero-order valence-electron chi connectivity index (χ0n) is 15.3. The molecule has 26 heavy (non-hydrogen) atoms. The van der Waals surface area contributed by atoms with E-state index >= 15 is 0 Å². The lowest BCUT2D eigenvalue weighted by Crippen LogP contribution is -2.30. The number of sulfonamides is 1. The van der Waals surface area contributed by atoms with Gasteiger partial charge in [-0.1, -0.05) is 17.7 Å². The summed E-state index contributed by atoms with van der Waals surface area (Å²) in [5, 5.41) is 0.229. The number of halogens is 1. The summed E-state index contributed by atoms with van der Waals surface area (Å²) in [6, 6.07) is 9.48. The van der Waals surface area contributed by atoms with Gasteiger partial charge < -0.3 is 4.90 Å². The molecule has 0 radical (unpaired) electrons. The van der Waals surface area contributed by atoms with E-state index < -0.39 is 10.0 Å². The van der Waals surface area contributed by atoms with E-state index in [1.807, 2.05) is 33.8 Å². The van der Waals surface area contributed by atoms with Crippen molar-refractivity contribution in [3.05, 3.63) is 58.1 Å². The predicted molar refractivity (Wildman–Crippen MR) is 105 cm³/mol. The Balaban J connectivity index is 2.39. The Morgan fingerprint density at radius 2 is 1.69 bits per heavy atom. The van der Waals surface area contributed by atoms with Crippen LogP contribution in [-0.2, 0) is 10.0 Å². The molecule has 0 saturated heterocycles. The average Bonchev–Trinajstić information content (AvgIpc) is 2.59. The van der Waals surface area contributed by atoms with E-state index in [9.17, 15) is 13.2 Å². The van der Waals surface area contributed by atoms with E-state index in [0.717, 1.165) is 11.1 Å². The summed E-state index contributed by atoms with van der Waals surface area (Å²) >= 11 is 6.13. The Bertz CT molecular complexity index is 922. The van der Waals surface area contributed by atoms with Crippen LogP contribution in [-0.4, -0.2) is 32.3 Å². The molecular formula is C19H23ClN2O3S. The minimum absolute atomic E-state index is 0.00404. The number of nitrogens with zero attached hydrogens (tertiary/aromatic N) is 1. The molecule has 0 bridgehead atoms. The zero-order chi connectivity index (χ0) is 19.5. The Kier molecular flexibility index (Phi) is 6.31. The van der Waals surface area contributed by atoms with Crippen LogP contribution in [0.5, 0.6) is 0 Å². The summed E-state index contributed by atoms with van der Waals surface area (Å²) in [4.78, 5) is 14.2. The molecule has 0 spiro atoms. The molecule has 7 heteroatoms. The van der Waals surface area contributed by atoms with Gasteiger partial charge in [0.2, 0.25) is 0 Å². The van der Waals surface area contributed by atoms with Gasteiger partial charge in [-0.25, -0.2) is 8.42 Å². The van der Waals surface area contributed by atoms with Crippen molar-refractivity contribution in [3.8, 4) is 0 Å². The van der Waals surface area contributed by atoms with Crippen LogP contribution in [0.15, 0.2) is 41.3 Å². The van der Waals surface area contributed by atoms with E-state index in [4.69, 9.17) is 11.6 Å². The van der Waals surface area contributed by atoms with Crippen LogP contribution in [0.4, 0.5) is 5.69 Å². The quantitative estimate of drug-likeness (QED) is 0.796. The fourth-order valence-corrected chi connectivity index (χ4v) is 3.81. The minimum atomic E-state index is -3.83. The van der Waals surface area contributed by atoms with Crippen molar-refractivity contribution in [1.29, 1.82) is 0 Å². The lowest BCUT2D eigenvalue weighted by molar-refractivity contribution is 0.0773. The van der Waals surface area contributed by atoms with Gasteiger partial charge in [0, 0.05) is 18.8 Å². The highest BCUT2D eigenvalue weighted by molar-refractivity contribution is 7.92. The van der Waals surface area contributed by atoms with E-state index in [2.05, 4.69) is 4.72 Å². The van der Waals surface area contributed by atoms with Gasteiger partial charge in [0.05, 0.1) is 15.5 Å². The van der Waals surface area contributed by atoms with Gasteiger partial charge in [0.25, 0.3) is 15.9 Å². The van der Waals surface area contributed by atoms with Crippen LogP contribution < -0.4 is 4.72 Å². The largest absolute Gasteiger partial charge is 0.339 e. The van der Waals surface area contributed by atoms with Crippen molar-refractivity contribution >= 4 is 33.2 Å². The minimum Gasteiger partial charge on any atom is -0.339 e. The van der Waals surface area contributed by atoms with Crippen molar-refractivity contribution < 1.29 is 13.2 Å². The van der Waals surface area contributed by atoms with E-state index in [1.54, 1.807) is 17.0 Å². The summed E-state index contributed by atoms with van der Waals surface area (Å²) in [7, 11) is -3.83. The Morgan fingerprint density at radius 3 is 2.27 bits per heavy atom. The molecule has 0 saturated carbocycles. The molecule has 2 rings (SSSR count). The van der Waals surface area contributed by atoms with Crippen molar-refractivity contribution in [1.82, 2.24) is 4.90 Å². The van der Waals surface area contributed by atoms with Crippen LogP contribution in [0.1, 0.15) is 35.3 Å². The molecule has 1 N–H and O–H groups in total. The Hall–Kier alpha value is -2.05. The Morgan fingerprint density at radius 1 is 1.04 bits per heavy atom. The monoisotopic (exact) mass is 394 g/mol. The van der Waals surface area contributed by atoms with Crippen LogP contribution in [0.2, 0.25) is 5.02 Å². The van der Waals surface area contributed by atoms with E-state index in [1.165, 1.54) is 18.2 Å². The molecule has 2 aromatic carbocycles. The highest BCUT2D eigenvalue weighted by Gasteiger charge is 2.21. The molecule has 140 valence electrons. The third kappa shape index (κ3) is 4.37. The summed E-state index contributed by atoms with van der Waals surface area (Å²) in [6.45, 7) is 8.62. The maximum Gasteiger partial charge on any atom is 0.261 e. The molecule has 0 aromatic heterocycles. The average molecular weight is 395 g/mol. The lowest BCUT2D eigenvalue weighted by Gasteiger charge is -2.19. The first-order valence-corrected chi connectivity index (χ1v) is 10.2. The van der Waals surface area contributed by atoms with Crippen molar-refractivity contribution in [3.63, 3.8) is 0 Å². The second-order valence-electron chi connectivity index (χ2n) is 6.02. The standard InChI is InChI=1S/C19H23ClN2O3S/c1-5-22(6-2)19(23)17-12-16(9-10-18(17)20)26(24,25)21-15-8-7-13(3)14(4)11-15/h7-12,21H,5-6H2,1-4H3. The van der Waals surface area contributed by atoms with Crippen LogP contribution in [0.25, 0.3) is 0 Å². The normalized spacial score (nSPS) is 11.3. The number of anilines is 1. The number of carbonyl (C=O) groups excluding carboxylic acids is 1. The highest BCUT2D eigenvalue weighted by atomic mass is 35.5. The van der Waals surface area contributed by atoms with Gasteiger partial charge in [0.1, 0.15) is 0 Å². The van der Waals surface area contributed by atoms with Crippen LogP contribution in [0.3, 0.4) is 0 Å². The number of hydrogen-bond donors (Lipinski definition) is 1. The fourth-order valence-electron chi connectivity index (χ4n) is 2.54. The molecule has 1 amide bonds. The topological polar surface area (TPSA) is 66.5 Å². The van der Waals surface area contributed by atoms with Crippen LogP contribution in [0, 0.1) is 13.8 Å². The Labute approximate surface area is 160 Å².